The number of nitrogens with zero attached hydrogens (tertiary/aromatic N) is 3. The first-order valence-corrected chi connectivity index (χ1v) is 15.1. The molecule has 0 aromatic heterocycles. The van der Waals surface area contributed by atoms with Crippen LogP contribution in [0, 0.1) is 0 Å². The number of phosphoric ester groups is 1. The van der Waals surface area contributed by atoms with Gasteiger partial charge in [0.1, 0.15) is 12.0 Å². The van der Waals surface area contributed by atoms with Gasteiger partial charge in [-0.05, 0) is 18.9 Å². The molecule has 0 aromatic rings. The van der Waals surface area contributed by atoms with Crippen molar-refractivity contribution in [3.05, 3.63) is 10.4 Å². The predicted octanol–water partition coefficient (Wildman–Crippen LogP) is 2.93. The number of azide groups is 1. The maximum atomic E-state index is 11.8. The molecular weight excluding hydrogens is 511 g/mol. The van der Waals surface area contributed by atoms with Crippen LogP contribution in [0.5, 0.6) is 0 Å². The van der Waals surface area contributed by atoms with E-state index in [1.54, 1.807) is 6.92 Å². The van der Waals surface area contributed by atoms with Gasteiger partial charge in [-0.15, -0.1) is 0 Å². The lowest BCUT2D eigenvalue weighted by molar-refractivity contribution is -0.0326. The third-order valence-electron chi connectivity index (χ3n) is 3.17. The highest BCUT2D eigenvalue weighted by Crippen LogP contribution is 2.66. The van der Waals surface area contributed by atoms with Crippen molar-refractivity contribution < 1.29 is 55.9 Å². The van der Waals surface area contributed by atoms with Crippen molar-refractivity contribution in [2.45, 2.75) is 38.1 Å². The van der Waals surface area contributed by atoms with Crippen LogP contribution in [0.25, 0.3) is 10.4 Å². The third kappa shape index (κ3) is 13.0. The zero-order chi connectivity index (χ0) is 22.8. The summed E-state index contributed by atoms with van der Waals surface area (Å²) < 4.78 is 56.8. The summed E-state index contributed by atoms with van der Waals surface area (Å²) in [6, 6.07) is 0. The SMILES string of the molecule is C[C@H]1CC(OCSSCCCN=[N+]=[N-])[C@@H](COP(=O)(O)OP(=O)(O)OP(=O)(O)O)O1. The highest BCUT2D eigenvalue weighted by Gasteiger charge is 2.42. The molecule has 3 unspecified atom stereocenters. The van der Waals surface area contributed by atoms with E-state index in [9.17, 15) is 18.6 Å². The van der Waals surface area contributed by atoms with Crippen molar-refractivity contribution in [2.75, 3.05) is 24.8 Å². The van der Waals surface area contributed by atoms with E-state index >= 15 is 0 Å². The largest absolute Gasteiger partial charge is 0.490 e. The molecule has 20 heteroatoms. The van der Waals surface area contributed by atoms with E-state index in [0.29, 0.717) is 19.4 Å². The van der Waals surface area contributed by atoms with Crippen LogP contribution in [0.1, 0.15) is 19.8 Å². The Kier molecular flexibility index (Phi) is 12.4. The molecule has 0 aliphatic carbocycles. The van der Waals surface area contributed by atoms with E-state index in [1.165, 1.54) is 21.6 Å². The Morgan fingerprint density at radius 2 is 1.87 bits per heavy atom. The second-order valence-corrected chi connectivity index (χ2v) is 12.6. The molecule has 1 aliphatic heterocycles. The topological polar surface area (TPSA) is 227 Å². The van der Waals surface area contributed by atoms with Gasteiger partial charge in [-0.3, -0.25) is 4.52 Å². The van der Waals surface area contributed by atoms with Crippen LogP contribution < -0.4 is 0 Å². The van der Waals surface area contributed by atoms with E-state index in [4.69, 9.17) is 29.7 Å². The highest BCUT2D eigenvalue weighted by molar-refractivity contribution is 8.76. The maximum absolute atomic E-state index is 11.8. The highest BCUT2D eigenvalue weighted by atomic mass is 33.1. The molecule has 30 heavy (non-hydrogen) atoms. The Bertz CT molecular complexity index is 734. The van der Waals surface area contributed by atoms with Crippen molar-refractivity contribution in [3.8, 4) is 0 Å². The quantitative estimate of drug-likeness (QED) is 0.0451. The van der Waals surface area contributed by atoms with Gasteiger partial charge in [0.15, 0.2) is 0 Å². The standard InChI is InChI=1S/C10H22N3O12P3S2/c1-8-5-9(21-7-30-29-4-2-3-12-13-11)10(23-8)6-22-27(17,18)25-28(19,20)24-26(14,15)16/h8-10H,2-7H2,1H3,(H,17,18)(H,19,20)(H2,14,15,16)/t8-,9?,10+/m0/s1. The van der Waals surface area contributed by atoms with Gasteiger partial charge >= 0.3 is 23.5 Å². The molecule has 1 aliphatic rings. The van der Waals surface area contributed by atoms with Crippen molar-refractivity contribution in [3.63, 3.8) is 0 Å². The van der Waals surface area contributed by atoms with Crippen molar-refractivity contribution in [1.82, 2.24) is 0 Å². The molecule has 1 heterocycles. The van der Waals surface area contributed by atoms with Crippen LogP contribution >= 0.6 is 45.1 Å². The lowest BCUT2D eigenvalue weighted by atomic mass is 10.1. The summed E-state index contributed by atoms with van der Waals surface area (Å²) >= 11 is 0. The molecule has 15 nitrogen and oxygen atoms in total. The van der Waals surface area contributed by atoms with Gasteiger partial charge in [-0.1, -0.05) is 26.7 Å². The second-order valence-electron chi connectivity index (χ2n) is 5.68. The lowest BCUT2D eigenvalue weighted by Gasteiger charge is -2.21. The summed E-state index contributed by atoms with van der Waals surface area (Å²) in [5.41, 5.74) is 8.17. The van der Waals surface area contributed by atoms with Crippen molar-refractivity contribution >= 4 is 45.1 Å². The number of hydrogen-bond donors (Lipinski definition) is 4. The van der Waals surface area contributed by atoms with Crippen LogP contribution in [0.2, 0.25) is 0 Å². The Labute approximate surface area is 179 Å². The fourth-order valence-corrected chi connectivity index (χ4v) is 6.93. The number of ether oxygens (including phenoxy) is 2. The molecule has 0 saturated carbocycles. The van der Waals surface area contributed by atoms with E-state index in [2.05, 4.69) is 23.2 Å². The third-order valence-corrected chi connectivity index (χ3v) is 9.11. The molecule has 4 N–H and O–H groups in total. The van der Waals surface area contributed by atoms with Crippen LogP contribution in [0.4, 0.5) is 0 Å². The molecule has 1 rings (SSSR count). The normalized spacial score (nSPS) is 26.0. The molecular formula is C10H22N3O12P3S2. The first kappa shape index (κ1) is 28.4. The van der Waals surface area contributed by atoms with Gasteiger partial charge in [-0.25, -0.2) is 13.7 Å². The van der Waals surface area contributed by atoms with Gasteiger partial charge < -0.3 is 29.0 Å². The second kappa shape index (κ2) is 13.1. The Morgan fingerprint density at radius 3 is 2.50 bits per heavy atom. The Hall–Kier alpha value is 0.340. The first-order valence-electron chi connectivity index (χ1n) is 8.14. The minimum Gasteiger partial charge on any atom is -0.370 e. The Balaban J connectivity index is 2.42. The zero-order valence-corrected chi connectivity index (χ0v) is 19.8. The van der Waals surface area contributed by atoms with Crippen LogP contribution in [0.3, 0.4) is 0 Å². The van der Waals surface area contributed by atoms with Crippen LogP contribution in [-0.4, -0.2) is 62.7 Å². The van der Waals surface area contributed by atoms with Gasteiger partial charge in [0.2, 0.25) is 0 Å². The number of phosphoric acid groups is 3. The molecule has 0 spiro atoms. The Morgan fingerprint density at radius 1 is 1.17 bits per heavy atom. The van der Waals surface area contributed by atoms with Gasteiger partial charge in [0.05, 0.1) is 18.8 Å². The van der Waals surface area contributed by atoms with Crippen LogP contribution in [0.15, 0.2) is 5.11 Å². The molecule has 0 amide bonds. The average molecular weight is 533 g/mol. The van der Waals surface area contributed by atoms with Gasteiger partial charge in [0, 0.05) is 23.6 Å². The fraction of sp³-hybridized carbons (Fsp3) is 1.00. The zero-order valence-electron chi connectivity index (χ0n) is 15.5. The fourth-order valence-electron chi connectivity index (χ4n) is 2.16. The molecule has 1 saturated heterocycles. The summed E-state index contributed by atoms with van der Waals surface area (Å²) in [5, 5.41) is 3.41. The summed E-state index contributed by atoms with van der Waals surface area (Å²) in [4.78, 5) is 38.3. The molecule has 5 atom stereocenters. The predicted molar refractivity (Wildman–Crippen MR) is 107 cm³/mol. The van der Waals surface area contributed by atoms with Crippen molar-refractivity contribution in [1.29, 1.82) is 0 Å². The molecule has 0 aromatic carbocycles. The van der Waals surface area contributed by atoms with Gasteiger partial charge in [-0.2, -0.15) is 8.62 Å². The van der Waals surface area contributed by atoms with E-state index in [-0.39, 0.29) is 12.0 Å². The van der Waals surface area contributed by atoms with E-state index in [1.807, 2.05) is 0 Å². The smallest absolute Gasteiger partial charge is 0.370 e. The molecule has 1 fully saturated rings. The minimum atomic E-state index is -5.57. The summed E-state index contributed by atoms with van der Waals surface area (Å²) in [6.45, 7) is 1.60. The molecule has 0 bridgehead atoms. The lowest BCUT2D eigenvalue weighted by Crippen LogP contribution is -2.28. The van der Waals surface area contributed by atoms with Gasteiger partial charge in [0.25, 0.3) is 0 Å². The number of rotatable bonds is 15. The van der Waals surface area contributed by atoms with E-state index < -0.39 is 42.3 Å². The summed E-state index contributed by atoms with van der Waals surface area (Å²) in [5.74, 6) is 1.03. The first-order chi connectivity index (χ1) is 13.8. The summed E-state index contributed by atoms with van der Waals surface area (Å²) in [6.07, 6.45) is -0.351. The van der Waals surface area contributed by atoms with Crippen molar-refractivity contribution in [2.24, 2.45) is 5.11 Å². The molecule has 176 valence electrons. The van der Waals surface area contributed by atoms with Crippen LogP contribution in [-0.2, 0) is 36.3 Å². The maximum Gasteiger partial charge on any atom is 0.490 e. The monoisotopic (exact) mass is 533 g/mol. The summed E-state index contributed by atoms with van der Waals surface area (Å²) in [7, 11) is -13.3. The van der Waals surface area contributed by atoms with E-state index in [0.717, 1.165) is 5.75 Å². The molecule has 0 radical (unpaired) electrons. The number of hydrogen-bond acceptors (Lipinski definition) is 11. The average Bonchev–Trinajstić information content (AvgIpc) is 2.92. The minimum absolute atomic E-state index is 0.244.